The van der Waals surface area contributed by atoms with Gasteiger partial charge in [0.15, 0.2) is 0 Å². The summed E-state index contributed by atoms with van der Waals surface area (Å²) in [7, 11) is 0. The van der Waals surface area contributed by atoms with E-state index >= 15 is 0 Å². The van der Waals surface area contributed by atoms with Crippen molar-refractivity contribution >= 4 is 27.6 Å². The van der Waals surface area contributed by atoms with E-state index in [1.165, 1.54) is 5.69 Å². The number of para-hydroxylation sites is 1. The quantitative estimate of drug-likeness (QED) is 0.915. The molecule has 1 atom stereocenters. The number of halogens is 1. The van der Waals surface area contributed by atoms with Gasteiger partial charge in [-0.2, -0.15) is 0 Å². The Kier molecular flexibility index (Phi) is 4.19. The predicted octanol–water partition coefficient (Wildman–Crippen LogP) is 3.92. The number of carboxylic acid groups (broad SMARTS) is 1. The van der Waals surface area contributed by atoms with Gasteiger partial charge in [0.2, 0.25) is 0 Å². The summed E-state index contributed by atoms with van der Waals surface area (Å²) in [6, 6.07) is 8.22. The molecule has 0 amide bonds. The van der Waals surface area contributed by atoms with Crippen LogP contribution in [0.2, 0.25) is 0 Å². The third kappa shape index (κ3) is 3.30. The number of carboxylic acids is 1. The van der Waals surface area contributed by atoms with Gasteiger partial charge in [-0.05, 0) is 60.7 Å². The molecule has 1 unspecified atom stereocenters. The van der Waals surface area contributed by atoms with Crippen LogP contribution in [-0.2, 0) is 4.79 Å². The number of hydrogen-bond donors (Lipinski definition) is 1. The minimum Gasteiger partial charge on any atom is -0.481 e. The highest BCUT2D eigenvalue weighted by atomic mass is 79.9. The van der Waals surface area contributed by atoms with Crippen molar-refractivity contribution in [3.8, 4) is 0 Å². The third-order valence-electron chi connectivity index (χ3n) is 3.89. The highest BCUT2D eigenvalue weighted by molar-refractivity contribution is 9.10. The lowest BCUT2D eigenvalue weighted by atomic mass is 9.80. The van der Waals surface area contributed by atoms with Crippen LogP contribution in [0.4, 0.5) is 5.69 Å². The monoisotopic (exact) mass is 325 g/mol. The van der Waals surface area contributed by atoms with E-state index in [-0.39, 0.29) is 17.9 Å². The topological polar surface area (TPSA) is 40.5 Å². The van der Waals surface area contributed by atoms with Crippen LogP contribution in [0.5, 0.6) is 0 Å². The molecule has 1 aromatic carbocycles. The maximum absolute atomic E-state index is 10.9. The van der Waals surface area contributed by atoms with Gasteiger partial charge in [-0.3, -0.25) is 4.79 Å². The average Bonchev–Trinajstić information content (AvgIpc) is 2.29. The molecule has 0 aliphatic carbocycles. The van der Waals surface area contributed by atoms with E-state index < -0.39 is 5.97 Å². The molecule has 0 aromatic heterocycles. The first-order valence-corrected chi connectivity index (χ1v) is 7.43. The maximum Gasteiger partial charge on any atom is 0.303 e. The molecule has 104 valence electrons. The highest BCUT2D eigenvalue weighted by Crippen LogP contribution is 2.39. The summed E-state index contributed by atoms with van der Waals surface area (Å²) in [6.45, 7) is 5.30. The molecule has 2 rings (SSSR count). The maximum atomic E-state index is 10.9. The van der Waals surface area contributed by atoms with Crippen LogP contribution in [0, 0.1) is 5.92 Å². The SMILES string of the molecule is CC1(C)CC(CC(=O)O)CCN1c1ccccc1Br. The summed E-state index contributed by atoms with van der Waals surface area (Å²) in [5.74, 6) is -0.402. The molecule has 19 heavy (non-hydrogen) atoms. The van der Waals surface area contributed by atoms with Crippen molar-refractivity contribution in [1.29, 1.82) is 0 Å². The molecule has 0 bridgehead atoms. The summed E-state index contributed by atoms with van der Waals surface area (Å²) in [5, 5.41) is 8.94. The smallest absolute Gasteiger partial charge is 0.303 e. The molecule has 1 heterocycles. The van der Waals surface area contributed by atoms with Gasteiger partial charge in [0, 0.05) is 23.0 Å². The number of carbonyl (C=O) groups is 1. The number of anilines is 1. The van der Waals surface area contributed by atoms with Gasteiger partial charge in [0.1, 0.15) is 0 Å². The number of aliphatic carboxylic acids is 1. The van der Waals surface area contributed by atoms with E-state index in [0.29, 0.717) is 0 Å². The van der Waals surface area contributed by atoms with Gasteiger partial charge in [0.25, 0.3) is 0 Å². The Hall–Kier alpha value is -1.03. The lowest BCUT2D eigenvalue weighted by Gasteiger charge is -2.47. The third-order valence-corrected chi connectivity index (χ3v) is 4.56. The Morgan fingerprint density at radius 1 is 1.47 bits per heavy atom. The van der Waals surface area contributed by atoms with Crippen LogP contribution < -0.4 is 4.90 Å². The Labute approximate surface area is 122 Å². The second-order valence-corrected chi connectivity index (χ2v) is 6.73. The number of piperidine rings is 1. The molecule has 1 aliphatic heterocycles. The largest absolute Gasteiger partial charge is 0.481 e. The molecular weight excluding hydrogens is 306 g/mol. The van der Waals surface area contributed by atoms with Crippen LogP contribution in [0.3, 0.4) is 0 Å². The molecule has 1 aliphatic rings. The number of hydrogen-bond acceptors (Lipinski definition) is 2. The first kappa shape index (κ1) is 14.4. The van der Waals surface area contributed by atoms with E-state index in [0.717, 1.165) is 23.9 Å². The summed E-state index contributed by atoms with van der Waals surface area (Å²) in [6.07, 6.45) is 2.14. The zero-order valence-electron chi connectivity index (χ0n) is 11.4. The highest BCUT2D eigenvalue weighted by Gasteiger charge is 2.36. The van der Waals surface area contributed by atoms with E-state index in [4.69, 9.17) is 5.11 Å². The van der Waals surface area contributed by atoms with Crippen molar-refractivity contribution in [1.82, 2.24) is 0 Å². The first-order valence-electron chi connectivity index (χ1n) is 6.64. The minimum absolute atomic E-state index is 0.0117. The lowest BCUT2D eigenvalue weighted by Crippen LogP contribution is -2.50. The standard InChI is InChI=1S/C15H20BrNO2/c1-15(2)10-11(9-14(18)19)7-8-17(15)13-6-4-3-5-12(13)16/h3-6,11H,7-10H2,1-2H3,(H,18,19). The van der Waals surface area contributed by atoms with E-state index in [9.17, 15) is 4.79 Å². The van der Waals surface area contributed by atoms with Crippen LogP contribution in [-0.4, -0.2) is 23.2 Å². The van der Waals surface area contributed by atoms with Crippen LogP contribution >= 0.6 is 15.9 Å². The van der Waals surface area contributed by atoms with Gasteiger partial charge in [0.05, 0.1) is 5.69 Å². The van der Waals surface area contributed by atoms with Gasteiger partial charge >= 0.3 is 5.97 Å². The Bertz CT molecular complexity index is 473. The van der Waals surface area contributed by atoms with Crippen LogP contribution in [0.1, 0.15) is 33.1 Å². The molecule has 1 aromatic rings. The van der Waals surface area contributed by atoms with E-state index in [1.807, 2.05) is 12.1 Å². The van der Waals surface area contributed by atoms with E-state index in [1.54, 1.807) is 0 Å². The Morgan fingerprint density at radius 2 is 2.16 bits per heavy atom. The van der Waals surface area contributed by atoms with Crippen molar-refractivity contribution in [3.05, 3.63) is 28.7 Å². The van der Waals surface area contributed by atoms with Gasteiger partial charge in [-0.15, -0.1) is 0 Å². The van der Waals surface area contributed by atoms with Crippen molar-refractivity contribution in [2.45, 2.75) is 38.6 Å². The lowest BCUT2D eigenvalue weighted by molar-refractivity contribution is -0.138. The van der Waals surface area contributed by atoms with Crippen molar-refractivity contribution in [2.24, 2.45) is 5.92 Å². The number of benzene rings is 1. The molecule has 3 nitrogen and oxygen atoms in total. The van der Waals surface area contributed by atoms with Crippen LogP contribution in [0.15, 0.2) is 28.7 Å². The summed E-state index contributed by atoms with van der Waals surface area (Å²) in [5.41, 5.74) is 1.18. The summed E-state index contributed by atoms with van der Waals surface area (Å²) < 4.78 is 1.10. The number of nitrogens with zero attached hydrogens (tertiary/aromatic N) is 1. The second-order valence-electron chi connectivity index (χ2n) is 5.87. The van der Waals surface area contributed by atoms with Gasteiger partial charge in [-0.1, -0.05) is 12.1 Å². The Balaban J connectivity index is 2.17. The molecule has 1 N–H and O–H groups in total. The van der Waals surface area contributed by atoms with E-state index in [2.05, 4.69) is 46.8 Å². The van der Waals surface area contributed by atoms with Gasteiger partial charge < -0.3 is 10.0 Å². The molecule has 0 radical (unpaired) electrons. The molecule has 1 saturated heterocycles. The van der Waals surface area contributed by atoms with Crippen LogP contribution in [0.25, 0.3) is 0 Å². The normalized spacial score (nSPS) is 22.3. The molecular formula is C15H20BrNO2. The van der Waals surface area contributed by atoms with Crippen molar-refractivity contribution in [2.75, 3.05) is 11.4 Å². The first-order chi connectivity index (χ1) is 8.90. The molecule has 1 fully saturated rings. The number of rotatable bonds is 3. The van der Waals surface area contributed by atoms with Crippen molar-refractivity contribution in [3.63, 3.8) is 0 Å². The second kappa shape index (κ2) is 5.53. The zero-order chi connectivity index (χ0) is 14.0. The fourth-order valence-electron chi connectivity index (χ4n) is 3.07. The van der Waals surface area contributed by atoms with Gasteiger partial charge in [-0.25, -0.2) is 0 Å². The average molecular weight is 326 g/mol. The Morgan fingerprint density at radius 3 is 2.74 bits per heavy atom. The molecule has 0 saturated carbocycles. The molecule has 4 heteroatoms. The van der Waals surface area contributed by atoms with Crippen molar-refractivity contribution < 1.29 is 9.90 Å². The molecule has 0 spiro atoms. The fraction of sp³-hybridized carbons (Fsp3) is 0.533. The zero-order valence-corrected chi connectivity index (χ0v) is 13.0. The predicted molar refractivity (Wildman–Crippen MR) is 80.5 cm³/mol. The minimum atomic E-state index is -0.685. The summed E-state index contributed by atoms with van der Waals surface area (Å²) >= 11 is 3.60. The fourth-order valence-corrected chi connectivity index (χ4v) is 3.57. The summed E-state index contributed by atoms with van der Waals surface area (Å²) in [4.78, 5) is 13.2.